The molecule has 0 aliphatic heterocycles. The molecule has 6 heteroatoms. The van der Waals surface area contributed by atoms with Crippen molar-refractivity contribution in [3.63, 3.8) is 0 Å². The molecule has 2 aromatic heterocycles. The molecule has 0 unspecified atom stereocenters. The van der Waals surface area contributed by atoms with Gasteiger partial charge in [0.15, 0.2) is 11.3 Å². The summed E-state index contributed by atoms with van der Waals surface area (Å²) in [5, 5.41) is 18.9. The fraction of sp³-hybridized carbons (Fsp3) is 0.185. The van der Waals surface area contributed by atoms with E-state index in [0.717, 1.165) is 45.3 Å². The highest BCUT2D eigenvalue weighted by molar-refractivity contribution is 6.04. The van der Waals surface area contributed by atoms with Crippen LogP contribution in [0.15, 0.2) is 60.7 Å². The smallest absolute Gasteiger partial charge is 0.278 e. The van der Waals surface area contributed by atoms with Crippen LogP contribution in [0.25, 0.3) is 27.5 Å². The first kappa shape index (κ1) is 20.8. The van der Waals surface area contributed by atoms with Gasteiger partial charge in [-0.15, -0.1) is 10.2 Å². The Morgan fingerprint density at radius 3 is 2.52 bits per heavy atom. The van der Waals surface area contributed by atoms with E-state index in [0.29, 0.717) is 11.3 Å². The van der Waals surface area contributed by atoms with Crippen molar-refractivity contribution in [2.75, 3.05) is 5.32 Å². The lowest BCUT2D eigenvalue weighted by Gasteiger charge is -2.10. The first-order valence-corrected chi connectivity index (χ1v) is 11.1. The normalized spacial score (nSPS) is 11.3. The highest BCUT2D eigenvalue weighted by atomic mass is 16.2. The Hall–Kier alpha value is -4.06. The lowest BCUT2D eigenvalue weighted by molar-refractivity contribution is 0.102. The second-order valence-corrected chi connectivity index (χ2v) is 8.32. The number of anilines is 1. The van der Waals surface area contributed by atoms with Gasteiger partial charge in [0.25, 0.3) is 5.91 Å². The molecule has 1 N–H and O–H groups in total. The van der Waals surface area contributed by atoms with Crippen LogP contribution in [0.3, 0.4) is 0 Å². The van der Waals surface area contributed by atoms with E-state index in [4.69, 9.17) is 5.10 Å². The van der Waals surface area contributed by atoms with E-state index in [-0.39, 0.29) is 11.6 Å². The number of fused-ring (bicyclic) bond motifs is 2. The quantitative estimate of drug-likeness (QED) is 0.394. The number of aryl methyl sites for hydroxylation is 4. The van der Waals surface area contributed by atoms with Crippen LogP contribution in [0.1, 0.15) is 39.9 Å². The number of hydrogen-bond acceptors (Lipinski definition) is 4. The fourth-order valence-electron chi connectivity index (χ4n) is 4.24. The zero-order valence-electron chi connectivity index (χ0n) is 19.2. The van der Waals surface area contributed by atoms with Crippen LogP contribution in [0.2, 0.25) is 0 Å². The maximum atomic E-state index is 13.0. The zero-order chi connectivity index (χ0) is 23.1. The second-order valence-electron chi connectivity index (χ2n) is 8.32. The number of rotatable bonds is 4. The summed E-state index contributed by atoms with van der Waals surface area (Å²) in [6.45, 7) is 8.00. The molecule has 0 saturated carbocycles. The Labute approximate surface area is 192 Å². The number of aromatic nitrogens is 4. The predicted octanol–water partition coefficient (Wildman–Crippen LogP) is 5.68. The molecule has 164 valence electrons. The number of hydrogen-bond donors (Lipinski definition) is 1. The van der Waals surface area contributed by atoms with E-state index in [2.05, 4.69) is 46.7 Å². The maximum absolute atomic E-state index is 13.0. The minimum absolute atomic E-state index is 0.260. The highest BCUT2D eigenvalue weighted by Crippen LogP contribution is 2.34. The second kappa shape index (κ2) is 8.13. The van der Waals surface area contributed by atoms with Crippen LogP contribution in [-0.2, 0) is 6.42 Å². The van der Waals surface area contributed by atoms with Crippen LogP contribution >= 0.6 is 0 Å². The van der Waals surface area contributed by atoms with E-state index in [1.54, 1.807) is 4.52 Å². The molecule has 5 rings (SSSR count). The van der Waals surface area contributed by atoms with Crippen molar-refractivity contribution >= 4 is 28.0 Å². The Bertz CT molecular complexity index is 1530. The summed E-state index contributed by atoms with van der Waals surface area (Å²) in [6.07, 6.45) is 0.742. The molecule has 0 aliphatic rings. The number of amides is 1. The van der Waals surface area contributed by atoms with E-state index in [9.17, 15) is 4.79 Å². The molecule has 1 amide bonds. The minimum atomic E-state index is -0.301. The first-order valence-electron chi connectivity index (χ1n) is 11.1. The number of carbonyl (C=O) groups is 1. The van der Waals surface area contributed by atoms with Crippen LogP contribution < -0.4 is 5.32 Å². The van der Waals surface area contributed by atoms with Gasteiger partial charge in [0, 0.05) is 5.69 Å². The molecule has 0 radical (unpaired) electrons. The number of benzene rings is 3. The van der Waals surface area contributed by atoms with Gasteiger partial charge in [-0.25, -0.2) is 4.52 Å². The maximum Gasteiger partial charge on any atom is 0.278 e. The predicted molar refractivity (Wildman–Crippen MR) is 132 cm³/mol. The fourth-order valence-corrected chi connectivity index (χ4v) is 4.24. The van der Waals surface area contributed by atoms with Crippen molar-refractivity contribution in [3.05, 3.63) is 88.9 Å². The third-order valence-electron chi connectivity index (χ3n) is 6.21. The van der Waals surface area contributed by atoms with Gasteiger partial charge in [-0.3, -0.25) is 4.79 Å². The lowest BCUT2D eigenvalue weighted by atomic mass is 9.97. The van der Waals surface area contributed by atoms with E-state index >= 15 is 0 Å². The molecule has 0 bridgehead atoms. The summed E-state index contributed by atoms with van der Waals surface area (Å²) in [5.41, 5.74) is 7.56. The molecule has 0 aliphatic carbocycles. The number of nitrogens with one attached hydrogen (secondary N) is 1. The summed E-state index contributed by atoms with van der Waals surface area (Å²) in [5.74, 6) is -0.301. The Balaban J connectivity index is 1.62. The largest absolute Gasteiger partial charge is 0.321 e. The molecule has 0 spiro atoms. The molecule has 3 aromatic carbocycles. The average molecular weight is 436 g/mol. The molecule has 6 nitrogen and oxygen atoms in total. The third-order valence-corrected chi connectivity index (χ3v) is 6.21. The average Bonchev–Trinajstić information content (AvgIpc) is 3.20. The summed E-state index contributed by atoms with van der Waals surface area (Å²) in [6, 6.07) is 20.4. The lowest BCUT2D eigenvalue weighted by Crippen LogP contribution is -2.18. The van der Waals surface area contributed by atoms with Gasteiger partial charge in [-0.2, -0.15) is 5.10 Å². The topological polar surface area (TPSA) is 72.2 Å². The SMILES string of the molecule is CCc1nn2c(C)c(C(=O)Nc3ccc(C)c(C)c3)nnc2c1-c1cccc2ccccc12. The van der Waals surface area contributed by atoms with Gasteiger partial charge < -0.3 is 5.32 Å². The minimum Gasteiger partial charge on any atom is -0.321 e. The van der Waals surface area contributed by atoms with Crippen molar-refractivity contribution < 1.29 is 4.79 Å². The summed E-state index contributed by atoms with van der Waals surface area (Å²) < 4.78 is 1.75. The highest BCUT2D eigenvalue weighted by Gasteiger charge is 2.22. The van der Waals surface area contributed by atoms with Crippen LogP contribution in [0.4, 0.5) is 5.69 Å². The van der Waals surface area contributed by atoms with Crippen LogP contribution in [0.5, 0.6) is 0 Å². The van der Waals surface area contributed by atoms with E-state index in [1.807, 2.05) is 57.2 Å². The van der Waals surface area contributed by atoms with E-state index in [1.165, 1.54) is 5.56 Å². The van der Waals surface area contributed by atoms with E-state index < -0.39 is 0 Å². The number of carbonyl (C=O) groups excluding carboxylic acids is 1. The third kappa shape index (κ3) is 3.53. The van der Waals surface area contributed by atoms with Crippen LogP contribution in [0, 0.1) is 20.8 Å². The van der Waals surface area contributed by atoms with Gasteiger partial charge in [0.2, 0.25) is 0 Å². The summed E-state index contributed by atoms with van der Waals surface area (Å²) >= 11 is 0. The molecule has 0 fully saturated rings. The van der Waals surface area contributed by atoms with Gasteiger partial charge >= 0.3 is 0 Å². The van der Waals surface area contributed by atoms with Gasteiger partial charge in [0.1, 0.15) is 0 Å². The summed E-state index contributed by atoms with van der Waals surface area (Å²) in [4.78, 5) is 13.0. The first-order chi connectivity index (χ1) is 16.0. The Kier molecular flexibility index (Phi) is 5.13. The molecule has 33 heavy (non-hydrogen) atoms. The van der Waals surface area contributed by atoms with Gasteiger partial charge in [0.05, 0.1) is 17.0 Å². The molecule has 0 atom stereocenters. The van der Waals surface area contributed by atoms with Crippen molar-refractivity contribution in [3.8, 4) is 11.1 Å². The molecule has 0 saturated heterocycles. The van der Waals surface area contributed by atoms with Crippen molar-refractivity contribution in [2.24, 2.45) is 0 Å². The van der Waals surface area contributed by atoms with Crippen molar-refractivity contribution in [1.82, 2.24) is 19.8 Å². The molecule has 2 heterocycles. The Morgan fingerprint density at radius 1 is 0.939 bits per heavy atom. The van der Waals surface area contributed by atoms with Gasteiger partial charge in [-0.1, -0.05) is 55.5 Å². The van der Waals surface area contributed by atoms with Gasteiger partial charge in [-0.05, 0) is 66.8 Å². The van der Waals surface area contributed by atoms with Crippen molar-refractivity contribution in [2.45, 2.75) is 34.1 Å². The monoisotopic (exact) mass is 435 g/mol. The molecular weight excluding hydrogens is 410 g/mol. The molecule has 5 aromatic rings. The number of nitrogens with zero attached hydrogens (tertiary/aromatic N) is 4. The van der Waals surface area contributed by atoms with Crippen LogP contribution in [-0.4, -0.2) is 25.7 Å². The standard InChI is InChI=1S/C27H25N5O/c1-5-23-24(22-12-8-10-19-9-6-7-11-21(19)22)26-30-29-25(18(4)32(26)31-23)27(33)28-20-14-13-16(2)17(3)15-20/h6-15H,5H2,1-4H3,(H,28,33). The van der Waals surface area contributed by atoms with Crippen molar-refractivity contribution in [1.29, 1.82) is 0 Å². The molecular formula is C27H25N5O. The summed E-state index contributed by atoms with van der Waals surface area (Å²) in [7, 11) is 0. The zero-order valence-corrected chi connectivity index (χ0v) is 19.2. The Morgan fingerprint density at radius 2 is 1.73 bits per heavy atom.